The zero-order valence-electron chi connectivity index (χ0n) is 13.9. The molecule has 0 fully saturated rings. The van der Waals surface area contributed by atoms with Crippen molar-refractivity contribution in [2.75, 3.05) is 24.4 Å². The Kier molecular flexibility index (Phi) is 3.80. The molecule has 1 unspecified atom stereocenters. The maximum atomic E-state index is 12.2. The molecule has 2 aromatic rings. The van der Waals surface area contributed by atoms with Crippen LogP contribution in [0, 0.1) is 0 Å². The number of esters is 1. The summed E-state index contributed by atoms with van der Waals surface area (Å²) in [7, 11) is 1.29. The van der Waals surface area contributed by atoms with Crippen LogP contribution in [-0.4, -0.2) is 36.5 Å². The first kappa shape index (κ1) is 16.1. The smallest absolute Gasteiger partial charge is 0.356 e. The summed E-state index contributed by atoms with van der Waals surface area (Å²) in [6.07, 6.45) is 0.179. The third kappa shape index (κ3) is 2.75. The Morgan fingerprint density at radius 3 is 2.81 bits per heavy atom. The van der Waals surface area contributed by atoms with Crippen molar-refractivity contribution in [3.8, 4) is 5.75 Å². The molecule has 0 spiro atoms. The van der Waals surface area contributed by atoms with Gasteiger partial charge in [0.05, 0.1) is 12.8 Å². The number of hydrogen-bond acceptors (Lipinski definition) is 6. The van der Waals surface area contributed by atoms with Gasteiger partial charge in [-0.05, 0) is 23.8 Å². The number of anilines is 2. The molecule has 8 heteroatoms. The molecule has 1 aromatic carbocycles. The van der Waals surface area contributed by atoms with Crippen molar-refractivity contribution in [1.82, 2.24) is 4.98 Å². The molecule has 8 nitrogen and oxygen atoms in total. The van der Waals surface area contributed by atoms with E-state index >= 15 is 0 Å². The molecule has 0 saturated heterocycles. The molecular formula is C18H15N3O5. The zero-order chi connectivity index (χ0) is 18.3. The van der Waals surface area contributed by atoms with Crippen LogP contribution in [0.2, 0.25) is 0 Å². The second-order valence-corrected chi connectivity index (χ2v) is 6.02. The number of fused-ring (bicyclic) bond motifs is 2. The molecule has 1 atom stereocenters. The number of aromatic nitrogens is 1. The average molecular weight is 353 g/mol. The van der Waals surface area contributed by atoms with E-state index in [9.17, 15) is 14.4 Å². The first-order valence-electron chi connectivity index (χ1n) is 8.01. The van der Waals surface area contributed by atoms with E-state index in [-0.39, 0.29) is 36.5 Å². The van der Waals surface area contributed by atoms with Crippen molar-refractivity contribution in [3.63, 3.8) is 0 Å². The summed E-state index contributed by atoms with van der Waals surface area (Å²) in [4.78, 5) is 39.9. The van der Waals surface area contributed by atoms with Crippen LogP contribution >= 0.6 is 0 Å². The first-order chi connectivity index (χ1) is 12.5. The molecule has 3 heterocycles. The topological polar surface area (TPSA) is 107 Å². The number of pyridine rings is 1. The van der Waals surface area contributed by atoms with E-state index in [1.54, 1.807) is 30.3 Å². The van der Waals surface area contributed by atoms with Crippen LogP contribution in [0.1, 0.15) is 34.1 Å². The fraction of sp³-hybridized carbons (Fsp3) is 0.222. The maximum Gasteiger partial charge on any atom is 0.356 e. The van der Waals surface area contributed by atoms with Gasteiger partial charge in [0, 0.05) is 29.8 Å². The zero-order valence-corrected chi connectivity index (χ0v) is 13.9. The Bertz CT molecular complexity index is 940. The Balaban J connectivity index is 1.80. The summed E-state index contributed by atoms with van der Waals surface area (Å²) in [6, 6.07) is 8.48. The normalized spacial score (nSPS) is 18.0. The highest BCUT2D eigenvalue weighted by molar-refractivity contribution is 5.99. The molecule has 0 aliphatic carbocycles. The van der Waals surface area contributed by atoms with Gasteiger partial charge >= 0.3 is 5.97 Å². The van der Waals surface area contributed by atoms with Crippen molar-refractivity contribution in [2.45, 2.75) is 12.3 Å². The average Bonchev–Trinajstić information content (AvgIpc) is 2.65. The maximum absolute atomic E-state index is 12.2. The lowest BCUT2D eigenvalue weighted by Crippen LogP contribution is -2.28. The second-order valence-electron chi connectivity index (χ2n) is 6.02. The fourth-order valence-electron chi connectivity index (χ4n) is 3.16. The highest BCUT2D eigenvalue weighted by Crippen LogP contribution is 2.42. The van der Waals surface area contributed by atoms with Crippen LogP contribution < -0.4 is 15.4 Å². The molecule has 2 aliphatic heterocycles. The van der Waals surface area contributed by atoms with Gasteiger partial charge in [-0.25, -0.2) is 9.78 Å². The highest BCUT2D eigenvalue weighted by atomic mass is 16.5. The van der Waals surface area contributed by atoms with E-state index in [2.05, 4.69) is 15.6 Å². The monoisotopic (exact) mass is 353 g/mol. The van der Waals surface area contributed by atoms with Gasteiger partial charge in [0.15, 0.2) is 6.61 Å². The minimum absolute atomic E-state index is 0.0636. The van der Waals surface area contributed by atoms with Gasteiger partial charge in [0.1, 0.15) is 11.4 Å². The lowest BCUT2D eigenvalue weighted by Gasteiger charge is -2.28. The number of rotatable bonds is 2. The van der Waals surface area contributed by atoms with Crippen LogP contribution in [0.4, 0.5) is 11.4 Å². The van der Waals surface area contributed by atoms with E-state index in [0.29, 0.717) is 22.8 Å². The minimum atomic E-state index is -0.543. The lowest BCUT2D eigenvalue weighted by atomic mass is 9.87. The van der Waals surface area contributed by atoms with Crippen LogP contribution in [0.5, 0.6) is 5.75 Å². The van der Waals surface area contributed by atoms with E-state index in [1.807, 2.05) is 0 Å². The number of amides is 2. The predicted molar refractivity (Wildman–Crippen MR) is 91.2 cm³/mol. The van der Waals surface area contributed by atoms with E-state index in [0.717, 1.165) is 5.56 Å². The number of nitrogens with zero attached hydrogens (tertiary/aromatic N) is 1. The molecule has 0 radical (unpaired) electrons. The van der Waals surface area contributed by atoms with Crippen molar-refractivity contribution < 1.29 is 23.9 Å². The number of benzene rings is 1. The Labute approximate surface area is 148 Å². The summed E-state index contributed by atoms with van der Waals surface area (Å²) >= 11 is 0. The van der Waals surface area contributed by atoms with Gasteiger partial charge in [-0.15, -0.1) is 0 Å². The quantitative estimate of drug-likeness (QED) is 0.796. The van der Waals surface area contributed by atoms with Crippen LogP contribution in [0.15, 0.2) is 30.3 Å². The molecule has 26 heavy (non-hydrogen) atoms. The molecule has 2 aliphatic rings. The fourth-order valence-corrected chi connectivity index (χ4v) is 3.16. The van der Waals surface area contributed by atoms with E-state index in [1.165, 1.54) is 7.11 Å². The Morgan fingerprint density at radius 1 is 1.19 bits per heavy atom. The lowest BCUT2D eigenvalue weighted by molar-refractivity contribution is -0.119. The van der Waals surface area contributed by atoms with Gasteiger partial charge in [-0.3, -0.25) is 9.59 Å². The van der Waals surface area contributed by atoms with Crippen LogP contribution in [0.3, 0.4) is 0 Å². The van der Waals surface area contributed by atoms with Gasteiger partial charge in [0.25, 0.3) is 5.91 Å². The van der Waals surface area contributed by atoms with Gasteiger partial charge in [0.2, 0.25) is 5.91 Å². The Hall–Kier alpha value is -3.42. The molecule has 0 bridgehead atoms. The van der Waals surface area contributed by atoms with E-state index in [4.69, 9.17) is 9.47 Å². The van der Waals surface area contributed by atoms with Crippen molar-refractivity contribution in [1.29, 1.82) is 0 Å². The van der Waals surface area contributed by atoms with Crippen LogP contribution in [-0.2, 0) is 14.3 Å². The number of hydrogen-bond donors (Lipinski definition) is 2. The first-order valence-corrected chi connectivity index (χ1v) is 8.01. The Morgan fingerprint density at radius 2 is 2.00 bits per heavy atom. The summed E-state index contributed by atoms with van der Waals surface area (Å²) in [6.45, 7) is -0.0636. The third-order valence-corrected chi connectivity index (χ3v) is 4.35. The molecule has 4 rings (SSSR count). The minimum Gasteiger partial charge on any atom is -0.482 e. The largest absolute Gasteiger partial charge is 0.482 e. The van der Waals surface area contributed by atoms with E-state index < -0.39 is 5.97 Å². The van der Waals surface area contributed by atoms with Crippen LogP contribution in [0.25, 0.3) is 0 Å². The van der Waals surface area contributed by atoms with Gasteiger partial charge in [-0.1, -0.05) is 6.07 Å². The third-order valence-electron chi connectivity index (χ3n) is 4.35. The molecule has 132 valence electrons. The SMILES string of the molecule is COC(=O)c1cccc(C2CC(=O)Nc3cc4c(cc32)NC(=O)CO4)n1. The summed E-state index contributed by atoms with van der Waals surface area (Å²) in [5, 5.41) is 5.58. The predicted octanol–water partition coefficient (Wildman–Crippen LogP) is 1.67. The number of carbonyl (C=O) groups is 3. The number of carbonyl (C=O) groups excluding carboxylic acids is 3. The van der Waals surface area contributed by atoms with Crippen molar-refractivity contribution >= 4 is 29.2 Å². The molecule has 0 saturated carbocycles. The summed E-state index contributed by atoms with van der Waals surface area (Å²) < 4.78 is 10.1. The number of ether oxygens (including phenoxy) is 2. The second kappa shape index (κ2) is 6.14. The standard InChI is InChI=1S/C18H15N3O5/c1-25-18(24)12-4-2-3-11(19-12)10-6-16(22)20-13-7-15-14(5-9(10)13)21-17(23)8-26-15/h2-5,7,10H,6,8H2,1H3,(H,20,22)(H,21,23). The number of nitrogens with one attached hydrogen (secondary N) is 2. The van der Waals surface area contributed by atoms with Crippen molar-refractivity contribution in [2.24, 2.45) is 0 Å². The van der Waals surface area contributed by atoms with Gasteiger partial charge in [-0.2, -0.15) is 0 Å². The number of methoxy groups -OCH3 is 1. The molecule has 1 aromatic heterocycles. The summed E-state index contributed by atoms with van der Waals surface area (Å²) in [5.41, 5.74) is 2.69. The highest BCUT2D eigenvalue weighted by Gasteiger charge is 2.30. The molecular weight excluding hydrogens is 338 g/mol. The molecule has 2 amide bonds. The summed E-state index contributed by atoms with van der Waals surface area (Å²) in [5.74, 6) is -0.793. The van der Waals surface area contributed by atoms with Gasteiger partial charge < -0.3 is 20.1 Å². The molecule has 2 N–H and O–H groups in total. The van der Waals surface area contributed by atoms with Crippen molar-refractivity contribution in [3.05, 3.63) is 47.3 Å².